The molecule has 1 heterocycles. The summed E-state index contributed by atoms with van der Waals surface area (Å²) in [5.74, 6) is 0.535. The molecule has 104 valence electrons. The summed E-state index contributed by atoms with van der Waals surface area (Å²) < 4.78 is 0.824. The number of nitrogens with one attached hydrogen (secondary N) is 2. The Kier molecular flexibility index (Phi) is 5.34. The molecule has 20 heavy (non-hydrogen) atoms. The zero-order valence-electron chi connectivity index (χ0n) is 10.7. The van der Waals surface area contributed by atoms with Gasteiger partial charge in [0.1, 0.15) is 0 Å². The lowest BCUT2D eigenvalue weighted by atomic mass is 10.1. The monoisotopic (exact) mass is 369 g/mol. The Hall–Kier alpha value is -1.17. The van der Waals surface area contributed by atoms with Gasteiger partial charge in [-0.05, 0) is 46.7 Å². The van der Waals surface area contributed by atoms with Crippen LogP contribution in [0.5, 0.6) is 0 Å². The first-order chi connectivity index (χ1) is 9.56. The molecule has 2 aromatic rings. The van der Waals surface area contributed by atoms with Crippen LogP contribution < -0.4 is 10.6 Å². The summed E-state index contributed by atoms with van der Waals surface area (Å²) in [5.41, 5.74) is 1.16. The quantitative estimate of drug-likeness (QED) is 0.778. The minimum absolute atomic E-state index is 0.102. The smallest absolute Gasteiger partial charge is 0.172 e. The molecule has 1 aromatic carbocycles. The van der Waals surface area contributed by atoms with Crippen molar-refractivity contribution in [3.63, 3.8) is 0 Å². The second kappa shape index (κ2) is 7.02. The fourth-order valence-electron chi connectivity index (χ4n) is 1.67. The van der Waals surface area contributed by atoms with E-state index in [9.17, 15) is 0 Å². The van der Waals surface area contributed by atoms with E-state index in [1.165, 1.54) is 0 Å². The number of hydrogen-bond donors (Lipinski definition) is 2. The molecular weight excluding hydrogens is 358 g/mol. The van der Waals surface area contributed by atoms with E-state index < -0.39 is 0 Å². The lowest BCUT2D eigenvalue weighted by Crippen LogP contribution is -2.31. The van der Waals surface area contributed by atoms with Crippen molar-refractivity contribution in [2.24, 2.45) is 0 Å². The van der Waals surface area contributed by atoms with Gasteiger partial charge in [0.15, 0.2) is 10.9 Å². The van der Waals surface area contributed by atoms with Crippen LogP contribution in [0.25, 0.3) is 0 Å². The van der Waals surface area contributed by atoms with Crippen LogP contribution in [-0.4, -0.2) is 10.1 Å². The second-order valence-electron chi connectivity index (χ2n) is 4.21. The molecule has 6 heteroatoms. The summed E-state index contributed by atoms with van der Waals surface area (Å²) >= 11 is 14.7. The number of rotatable bonds is 3. The van der Waals surface area contributed by atoms with Crippen molar-refractivity contribution in [1.29, 1.82) is 0 Å². The molecule has 0 fully saturated rings. The molecule has 2 rings (SSSR count). The topological polar surface area (TPSA) is 37.0 Å². The van der Waals surface area contributed by atoms with E-state index in [-0.39, 0.29) is 6.04 Å². The van der Waals surface area contributed by atoms with E-state index in [2.05, 4.69) is 31.5 Å². The van der Waals surface area contributed by atoms with Crippen LogP contribution >= 0.6 is 39.7 Å². The summed E-state index contributed by atoms with van der Waals surface area (Å²) in [6, 6.07) is 11.9. The van der Waals surface area contributed by atoms with Crippen LogP contribution in [0.1, 0.15) is 18.5 Å². The van der Waals surface area contributed by atoms with Crippen molar-refractivity contribution >= 4 is 50.7 Å². The van der Waals surface area contributed by atoms with Crippen molar-refractivity contribution in [3.8, 4) is 0 Å². The van der Waals surface area contributed by atoms with Gasteiger partial charge in [0, 0.05) is 10.7 Å². The summed E-state index contributed by atoms with van der Waals surface area (Å²) in [4.78, 5) is 4.18. The van der Waals surface area contributed by atoms with Crippen molar-refractivity contribution < 1.29 is 0 Å². The average molecular weight is 371 g/mol. The second-order valence-corrected chi connectivity index (χ2v) is 5.95. The summed E-state index contributed by atoms with van der Waals surface area (Å²) in [5, 5.41) is 7.19. The van der Waals surface area contributed by atoms with Gasteiger partial charge in [0.2, 0.25) is 0 Å². The molecule has 0 saturated heterocycles. The van der Waals surface area contributed by atoms with Crippen molar-refractivity contribution in [1.82, 2.24) is 10.3 Å². The summed E-state index contributed by atoms with van der Waals surface area (Å²) in [6.45, 7) is 2.04. The van der Waals surface area contributed by atoms with Gasteiger partial charge in [-0.25, -0.2) is 4.98 Å². The lowest BCUT2D eigenvalue weighted by Gasteiger charge is -2.17. The maximum absolute atomic E-state index is 6.08. The SMILES string of the molecule is C[C@@H](NC(=S)Nc1ncc(Br)cc1Cl)c1ccccc1. The van der Waals surface area contributed by atoms with E-state index in [0.717, 1.165) is 10.0 Å². The number of thiocarbonyl (C=S) groups is 1. The van der Waals surface area contributed by atoms with Gasteiger partial charge in [0.25, 0.3) is 0 Å². The maximum Gasteiger partial charge on any atom is 0.172 e. The number of benzene rings is 1. The lowest BCUT2D eigenvalue weighted by molar-refractivity contribution is 0.722. The van der Waals surface area contributed by atoms with Crippen LogP contribution in [0.2, 0.25) is 5.02 Å². The minimum atomic E-state index is 0.102. The van der Waals surface area contributed by atoms with Crippen molar-refractivity contribution in [2.45, 2.75) is 13.0 Å². The third-order valence-electron chi connectivity index (χ3n) is 2.69. The fraction of sp³-hybridized carbons (Fsp3) is 0.143. The van der Waals surface area contributed by atoms with Crippen LogP contribution in [0.3, 0.4) is 0 Å². The van der Waals surface area contributed by atoms with Gasteiger partial charge in [-0.2, -0.15) is 0 Å². The molecule has 3 nitrogen and oxygen atoms in total. The Bertz CT molecular complexity index is 607. The Balaban J connectivity index is 1.99. The minimum Gasteiger partial charge on any atom is -0.356 e. The van der Waals surface area contributed by atoms with Gasteiger partial charge < -0.3 is 10.6 Å². The van der Waals surface area contributed by atoms with Crippen LogP contribution in [0, 0.1) is 0 Å². The average Bonchev–Trinajstić information content (AvgIpc) is 2.43. The molecule has 0 radical (unpaired) electrons. The highest BCUT2D eigenvalue weighted by molar-refractivity contribution is 9.10. The Morgan fingerprint density at radius 3 is 2.70 bits per heavy atom. The van der Waals surface area contributed by atoms with E-state index in [0.29, 0.717) is 16.0 Å². The Morgan fingerprint density at radius 1 is 1.35 bits per heavy atom. The third kappa shape index (κ3) is 4.16. The first-order valence-electron chi connectivity index (χ1n) is 6.00. The number of pyridine rings is 1. The van der Waals surface area contributed by atoms with Crippen molar-refractivity contribution in [2.75, 3.05) is 5.32 Å². The number of nitrogens with zero attached hydrogens (tertiary/aromatic N) is 1. The molecule has 0 amide bonds. The molecule has 0 aliphatic rings. The molecule has 0 aliphatic carbocycles. The third-order valence-corrected chi connectivity index (χ3v) is 3.63. The molecule has 1 aromatic heterocycles. The highest BCUT2D eigenvalue weighted by Crippen LogP contribution is 2.23. The fourth-order valence-corrected chi connectivity index (χ4v) is 2.62. The number of hydrogen-bond acceptors (Lipinski definition) is 2. The van der Waals surface area contributed by atoms with Gasteiger partial charge in [-0.1, -0.05) is 41.9 Å². The number of anilines is 1. The Labute approximate surface area is 136 Å². The van der Waals surface area contributed by atoms with Gasteiger partial charge in [-0.3, -0.25) is 0 Å². The normalized spacial score (nSPS) is 11.8. The van der Waals surface area contributed by atoms with E-state index in [4.69, 9.17) is 23.8 Å². The van der Waals surface area contributed by atoms with Crippen LogP contribution in [0.4, 0.5) is 5.82 Å². The van der Waals surface area contributed by atoms with Gasteiger partial charge in [-0.15, -0.1) is 0 Å². The maximum atomic E-state index is 6.08. The number of aromatic nitrogens is 1. The van der Waals surface area contributed by atoms with Crippen molar-refractivity contribution in [3.05, 3.63) is 57.7 Å². The van der Waals surface area contributed by atoms with E-state index >= 15 is 0 Å². The molecule has 2 N–H and O–H groups in total. The molecule has 0 bridgehead atoms. The molecule has 0 aliphatic heterocycles. The molecule has 0 spiro atoms. The van der Waals surface area contributed by atoms with Gasteiger partial charge in [0.05, 0.1) is 11.1 Å². The molecule has 0 unspecified atom stereocenters. The summed E-state index contributed by atoms with van der Waals surface area (Å²) in [7, 11) is 0. The Morgan fingerprint density at radius 2 is 2.05 bits per heavy atom. The number of halogens is 2. The highest BCUT2D eigenvalue weighted by Gasteiger charge is 2.09. The van der Waals surface area contributed by atoms with E-state index in [1.54, 1.807) is 12.3 Å². The molecule has 1 atom stereocenters. The van der Waals surface area contributed by atoms with Crippen LogP contribution in [-0.2, 0) is 0 Å². The van der Waals surface area contributed by atoms with Crippen LogP contribution in [0.15, 0.2) is 47.1 Å². The standard InChI is InChI=1S/C14H13BrClN3S/c1-9(10-5-3-2-4-6-10)18-14(20)19-13-12(16)7-11(15)8-17-13/h2-9H,1H3,(H2,17,18,19,20)/t9-/m1/s1. The zero-order chi connectivity index (χ0) is 14.5. The summed E-state index contributed by atoms with van der Waals surface area (Å²) in [6.07, 6.45) is 1.66. The largest absolute Gasteiger partial charge is 0.356 e. The zero-order valence-corrected chi connectivity index (χ0v) is 13.9. The molecule has 0 saturated carbocycles. The van der Waals surface area contributed by atoms with E-state index in [1.807, 2.05) is 37.3 Å². The molecular formula is C14H13BrClN3S. The first kappa shape index (κ1) is 15.2. The first-order valence-corrected chi connectivity index (χ1v) is 7.57. The predicted molar refractivity (Wildman–Crippen MR) is 91.2 cm³/mol. The highest BCUT2D eigenvalue weighted by atomic mass is 79.9. The predicted octanol–water partition coefficient (Wildman–Crippen LogP) is 4.55. The van der Waals surface area contributed by atoms with Gasteiger partial charge >= 0.3 is 0 Å².